The second kappa shape index (κ2) is 10.9. The third-order valence-corrected chi connectivity index (χ3v) is 6.95. The fourth-order valence-electron chi connectivity index (χ4n) is 3.24. The Morgan fingerprint density at radius 2 is 1.77 bits per heavy atom. The van der Waals surface area contributed by atoms with E-state index >= 15 is 0 Å². The van der Waals surface area contributed by atoms with Gasteiger partial charge in [-0.05, 0) is 30.2 Å². The Hall–Kier alpha value is -2.64. The zero-order valence-corrected chi connectivity index (χ0v) is 18.7. The van der Waals surface area contributed by atoms with E-state index in [4.69, 9.17) is 4.74 Å². The zero-order chi connectivity index (χ0) is 22.1. The van der Waals surface area contributed by atoms with Gasteiger partial charge in [0.25, 0.3) is 5.91 Å². The number of amides is 1. The third-order valence-electron chi connectivity index (χ3n) is 4.88. The first-order chi connectivity index (χ1) is 14.4. The molecule has 6 nitrogen and oxygen atoms in total. The van der Waals surface area contributed by atoms with Crippen molar-refractivity contribution in [3.8, 4) is 5.75 Å². The van der Waals surface area contributed by atoms with Gasteiger partial charge in [-0.1, -0.05) is 50.3 Å². The Bertz CT molecular complexity index is 954. The van der Waals surface area contributed by atoms with E-state index in [0.29, 0.717) is 38.2 Å². The minimum Gasteiger partial charge on any atom is -0.495 e. The Labute approximate surface area is 179 Å². The second-order valence-electron chi connectivity index (χ2n) is 6.73. The summed E-state index contributed by atoms with van der Waals surface area (Å²) in [6.07, 6.45) is 2.36. The van der Waals surface area contributed by atoms with E-state index in [0.717, 1.165) is 5.56 Å². The minimum atomic E-state index is -3.78. The summed E-state index contributed by atoms with van der Waals surface area (Å²) in [5.41, 5.74) is 1.43. The maximum atomic E-state index is 13.2. The molecule has 0 radical (unpaired) electrons. The topological polar surface area (TPSA) is 66.9 Å². The molecule has 0 atom stereocenters. The molecule has 0 N–H and O–H groups in total. The predicted octanol–water partition coefficient (Wildman–Crippen LogP) is 3.60. The van der Waals surface area contributed by atoms with Crippen LogP contribution in [0.25, 0.3) is 0 Å². The third kappa shape index (κ3) is 5.49. The molecule has 0 heterocycles. The zero-order valence-electron chi connectivity index (χ0n) is 17.9. The standard InChI is InChI=1S/C23H30N2O4S/c1-5-16-24(17-15-19-11-9-8-10-12-19)23(26)20-13-14-21(29-4)22(18-20)30(27,28)25(6-2)7-3/h5,8-14,18H,1,6-7,15-17H2,2-4H3. The summed E-state index contributed by atoms with van der Waals surface area (Å²) < 4.78 is 32.7. The molecule has 0 saturated carbocycles. The molecule has 0 fully saturated rings. The molecule has 0 bridgehead atoms. The first-order valence-corrected chi connectivity index (χ1v) is 11.4. The van der Waals surface area contributed by atoms with Crippen molar-refractivity contribution in [2.75, 3.05) is 33.3 Å². The van der Waals surface area contributed by atoms with Crippen LogP contribution in [0.5, 0.6) is 5.75 Å². The van der Waals surface area contributed by atoms with Crippen molar-refractivity contribution >= 4 is 15.9 Å². The van der Waals surface area contributed by atoms with E-state index in [1.54, 1.807) is 30.9 Å². The van der Waals surface area contributed by atoms with E-state index in [9.17, 15) is 13.2 Å². The number of sulfonamides is 1. The number of benzene rings is 2. The van der Waals surface area contributed by atoms with Gasteiger partial charge in [0.15, 0.2) is 0 Å². The summed E-state index contributed by atoms with van der Waals surface area (Å²) in [5.74, 6) is -0.0255. The number of nitrogens with zero attached hydrogens (tertiary/aromatic N) is 2. The molecule has 2 aromatic carbocycles. The SMILES string of the molecule is C=CCN(CCc1ccccc1)C(=O)c1ccc(OC)c(S(=O)(=O)N(CC)CC)c1. The summed E-state index contributed by atoms with van der Waals surface area (Å²) in [6, 6.07) is 14.4. The molecule has 0 aliphatic carbocycles. The Kier molecular flexibility index (Phi) is 8.62. The van der Waals surface area contributed by atoms with E-state index < -0.39 is 10.0 Å². The number of rotatable bonds is 11. The number of hydrogen-bond donors (Lipinski definition) is 0. The van der Waals surface area contributed by atoms with Crippen molar-refractivity contribution in [2.45, 2.75) is 25.2 Å². The maximum Gasteiger partial charge on any atom is 0.254 e. The molecule has 0 spiro atoms. The van der Waals surface area contributed by atoms with Gasteiger partial charge in [-0.25, -0.2) is 8.42 Å². The van der Waals surface area contributed by atoms with Crippen LogP contribution in [0, 0.1) is 0 Å². The van der Waals surface area contributed by atoms with Crippen LogP contribution in [0.1, 0.15) is 29.8 Å². The Morgan fingerprint density at radius 1 is 1.10 bits per heavy atom. The summed E-state index contributed by atoms with van der Waals surface area (Å²) in [4.78, 5) is 14.8. The fourth-order valence-corrected chi connectivity index (χ4v) is 4.88. The van der Waals surface area contributed by atoms with Crippen LogP contribution in [0.3, 0.4) is 0 Å². The lowest BCUT2D eigenvalue weighted by molar-refractivity contribution is 0.0775. The van der Waals surface area contributed by atoms with Gasteiger partial charge >= 0.3 is 0 Å². The van der Waals surface area contributed by atoms with Crippen LogP contribution < -0.4 is 4.74 Å². The van der Waals surface area contributed by atoms with Gasteiger partial charge in [0.2, 0.25) is 10.0 Å². The molecule has 1 amide bonds. The van der Waals surface area contributed by atoms with E-state index in [1.165, 1.54) is 23.5 Å². The van der Waals surface area contributed by atoms with Gasteiger partial charge in [-0.15, -0.1) is 6.58 Å². The first kappa shape index (κ1) is 23.6. The normalized spacial score (nSPS) is 11.3. The molecule has 0 unspecified atom stereocenters. The summed E-state index contributed by atoms with van der Waals surface area (Å²) in [5, 5.41) is 0. The number of carbonyl (C=O) groups is 1. The second-order valence-corrected chi connectivity index (χ2v) is 8.64. The molecule has 0 aliphatic heterocycles. The molecule has 0 aromatic heterocycles. The lowest BCUT2D eigenvalue weighted by Gasteiger charge is -2.23. The summed E-state index contributed by atoms with van der Waals surface area (Å²) in [6.45, 7) is 8.83. The van der Waals surface area contributed by atoms with Gasteiger partial charge < -0.3 is 9.64 Å². The lowest BCUT2D eigenvalue weighted by atomic mass is 10.1. The molecule has 7 heteroatoms. The number of ether oxygens (including phenoxy) is 1. The van der Waals surface area contributed by atoms with Crippen LogP contribution in [0.15, 0.2) is 66.1 Å². The molecule has 2 aromatic rings. The predicted molar refractivity (Wildman–Crippen MR) is 119 cm³/mol. The average Bonchev–Trinajstić information content (AvgIpc) is 2.77. The van der Waals surface area contributed by atoms with Crippen molar-refractivity contribution < 1.29 is 17.9 Å². The largest absolute Gasteiger partial charge is 0.495 e. The Morgan fingerprint density at radius 3 is 2.33 bits per heavy atom. The first-order valence-electron chi connectivity index (χ1n) is 10.0. The van der Waals surface area contributed by atoms with Crippen molar-refractivity contribution in [1.82, 2.24) is 9.21 Å². The highest BCUT2D eigenvalue weighted by molar-refractivity contribution is 7.89. The van der Waals surface area contributed by atoms with Crippen LogP contribution in [-0.2, 0) is 16.4 Å². The molecule has 162 valence electrons. The van der Waals surface area contributed by atoms with E-state index in [-0.39, 0.29) is 16.6 Å². The van der Waals surface area contributed by atoms with Crippen LogP contribution in [-0.4, -0.2) is 56.8 Å². The average molecular weight is 431 g/mol. The van der Waals surface area contributed by atoms with Crippen molar-refractivity contribution in [1.29, 1.82) is 0 Å². The smallest absolute Gasteiger partial charge is 0.254 e. The minimum absolute atomic E-state index is 0.00108. The highest BCUT2D eigenvalue weighted by Crippen LogP contribution is 2.28. The fraction of sp³-hybridized carbons (Fsp3) is 0.348. The molecule has 2 rings (SSSR count). The number of methoxy groups -OCH3 is 1. The number of carbonyl (C=O) groups excluding carboxylic acids is 1. The van der Waals surface area contributed by atoms with Crippen LogP contribution in [0.4, 0.5) is 0 Å². The van der Waals surface area contributed by atoms with Crippen molar-refractivity contribution in [3.05, 3.63) is 72.3 Å². The molecular formula is C23H30N2O4S. The maximum absolute atomic E-state index is 13.2. The molecular weight excluding hydrogens is 400 g/mol. The summed E-state index contributed by atoms with van der Waals surface area (Å²) >= 11 is 0. The highest BCUT2D eigenvalue weighted by atomic mass is 32.2. The summed E-state index contributed by atoms with van der Waals surface area (Å²) in [7, 11) is -2.36. The van der Waals surface area contributed by atoms with Gasteiger partial charge in [-0.3, -0.25) is 4.79 Å². The van der Waals surface area contributed by atoms with Gasteiger partial charge in [-0.2, -0.15) is 4.31 Å². The van der Waals surface area contributed by atoms with Crippen molar-refractivity contribution in [2.24, 2.45) is 0 Å². The van der Waals surface area contributed by atoms with Crippen molar-refractivity contribution in [3.63, 3.8) is 0 Å². The van der Waals surface area contributed by atoms with Crippen LogP contribution in [0.2, 0.25) is 0 Å². The van der Waals surface area contributed by atoms with E-state index in [1.807, 2.05) is 30.3 Å². The van der Waals surface area contributed by atoms with Gasteiger partial charge in [0.1, 0.15) is 10.6 Å². The quantitative estimate of drug-likeness (QED) is 0.511. The van der Waals surface area contributed by atoms with Gasteiger partial charge in [0.05, 0.1) is 7.11 Å². The monoisotopic (exact) mass is 430 g/mol. The van der Waals surface area contributed by atoms with Gasteiger partial charge in [0, 0.05) is 31.7 Å². The molecule has 30 heavy (non-hydrogen) atoms. The molecule has 0 aliphatic rings. The highest BCUT2D eigenvalue weighted by Gasteiger charge is 2.27. The lowest BCUT2D eigenvalue weighted by Crippen LogP contribution is -2.34. The Balaban J connectivity index is 2.36. The number of hydrogen-bond acceptors (Lipinski definition) is 4. The molecule has 0 saturated heterocycles. The van der Waals surface area contributed by atoms with Crippen LogP contribution >= 0.6 is 0 Å². The van der Waals surface area contributed by atoms with E-state index in [2.05, 4.69) is 6.58 Å².